The molecule has 4 nitrogen and oxygen atoms in total. The highest BCUT2D eigenvalue weighted by atomic mass is 32.2. The van der Waals surface area contributed by atoms with Gasteiger partial charge in [0, 0.05) is 23.2 Å². The fourth-order valence-electron chi connectivity index (χ4n) is 1.55. The van der Waals surface area contributed by atoms with Crippen LogP contribution in [0.25, 0.3) is 10.8 Å². The number of fused-ring (bicyclic) bond motifs is 1. The molecule has 0 spiro atoms. The summed E-state index contributed by atoms with van der Waals surface area (Å²) in [7, 11) is -3.37. The molecule has 80 valence electrons. The zero-order chi connectivity index (χ0) is 11.8. The Morgan fingerprint density at radius 3 is 2.44 bits per heavy atom. The Labute approximate surface area is 93.1 Å². The first-order valence-corrected chi connectivity index (χ1v) is 6.41. The minimum Gasteiger partial charge on any atom is -0.243 e. The fourth-order valence-corrected chi connectivity index (χ4v) is 2.37. The summed E-state index contributed by atoms with van der Waals surface area (Å²) in [6.45, 7) is 0. The molecule has 0 atom stereocenters. The molecule has 0 unspecified atom stereocenters. The number of nitrogens with zero attached hydrogens (tertiary/aromatic N) is 2. The summed E-state index contributed by atoms with van der Waals surface area (Å²) in [6, 6.07) is 8.84. The monoisotopic (exact) mass is 232 g/mol. The summed E-state index contributed by atoms with van der Waals surface area (Å²) < 4.78 is 23.0. The van der Waals surface area contributed by atoms with Crippen LogP contribution in [-0.4, -0.2) is 19.7 Å². The van der Waals surface area contributed by atoms with E-state index in [1.165, 1.54) is 6.20 Å². The van der Waals surface area contributed by atoms with Gasteiger partial charge in [0.15, 0.2) is 14.9 Å². The van der Waals surface area contributed by atoms with Crippen molar-refractivity contribution in [2.24, 2.45) is 0 Å². The molecule has 5 heteroatoms. The molecule has 0 radical (unpaired) electrons. The Kier molecular flexibility index (Phi) is 2.37. The number of benzene rings is 1. The molecule has 0 N–H and O–H groups in total. The van der Waals surface area contributed by atoms with Crippen LogP contribution in [-0.2, 0) is 9.84 Å². The second-order valence-corrected chi connectivity index (χ2v) is 5.34. The lowest BCUT2D eigenvalue weighted by Gasteiger charge is -2.04. The zero-order valence-electron chi connectivity index (χ0n) is 8.51. The number of aromatic nitrogens is 1. The van der Waals surface area contributed by atoms with Gasteiger partial charge < -0.3 is 0 Å². The highest BCUT2D eigenvalue weighted by molar-refractivity contribution is 7.90. The molecule has 2 aromatic rings. The van der Waals surface area contributed by atoms with E-state index in [0.29, 0.717) is 16.3 Å². The predicted octanol–water partition coefficient (Wildman–Crippen LogP) is 1.51. The molecule has 0 bridgehead atoms. The normalized spacial score (nSPS) is 11.2. The molecule has 1 aromatic carbocycles. The van der Waals surface area contributed by atoms with Crippen LogP contribution in [0.2, 0.25) is 0 Å². The minimum absolute atomic E-state index is 0.0158. The van der Waals surface area contributed by atoms with E-state index in [1.807, 2.05) is 6.07 Å². The number of hydrogen-bond donors (Lipinski definition) is 0. The molecule has 1 aromatic heterocycles. The van der Waals surface area contributed by atoms with Crippen LogP contribution in [0.4, 0.5) is 0 Å². The molecular formula is C11H8N2O2S. The van der Waals surface area contributed by atoms with Crippen LogP contribution >= 0.6 is 0 Å². The van der Waals surface area contributed by atoms with E-state index < -0.39 is 9.84 Å². The Morgan fingerprint density at radius 1 is 1.25 bits per heavy atom. The van der Waals surface area contributed by atoms with Gasteiger partial charge >= 0.3 is 0 Å². The number of pyridine rings is 1. The molecule has 0 aliphatic carbocycles. The van der Waals surface area contributed by atoms with Crippen molar-refractivity contribution in [2.45, 2.75) is 5.03 Å². The minimum atomic E-state index is -3.37. The van der Waals surface area contributed by atoms with Crippen molar-refractivity contribution in [1.82, 2.24) is 4.98 Å². The average molecular weight is 232 g/mol. The number of sulfone groups is 1. The zero-order valence-corrected chi connectivity index (χ0v) is 9.32. The second-order valence-electron chi connectivity index (χ2n) is 3.41. The van der Waals surface area contributed by atoms with Gasteiger partial charge in [-0.3, -0.25) is 0 Å². The topological polar surface area (TPSA) is 70.8 Å². The molecule has 0 aliphatic rings. The van der Waals surface area contributed by atoms with E-state index in [1.54, 1.807) is 24.3 Å². The van der Waals surface area contributed by atoms with Gasteiger partial charge in [-0.15, -0.1) is 0 Å². The van der Waals surface area contributed by atoms with Gasteiger partial charge in [0.25, 0.3) is 0 Å². The van der Waals surface area contributed by atoms with Crippen LogP contribution in [0.5, 0.6) is 0 Å². The van der Waals surface area contributed by atoms with Crippen LogP contribution in [0.3, 0.4) is 0 Å². The van der Waals surface area contributed by atoms with E-state index in [2.05, 4.69) is 4.98 Å². The summed E-state index contributed by atoms with van der Waals surface area (Å²) in [5.74, 6) is 0. The maximum Gasteiger partial charge on any atom is 0.193 e. The number of rotatable bonds is 1. The molecule has 0 amide bonds. The molecule has 0 aliphatic heterocycles. The molecule has 1 heterocycles. The highest BCUT2D eigenvalue weighted by Gasteiger charge is 2.14. The van der Waals surface area contributed by atoms with Crippen molar-refractivity contribution in [3.63, 3.8) is 0 Å². The summed E-state index contributed by atoms with van der Waals surface area (Å²) in [6.07, 6.45) is 2.40. The quantitative estimate of drug-likeness (QED) is 0.747. The van der Waals surface area contributed by atoms with Crippen molar-refractivity contribution in [1.29, 1.82) is 5.26 Å². The average Bonchev–Trinajstić information content (AvgIpc) is 2.26. The molecule has 0 saturated carbocycles. The fraction of sp³-hybridized carbons (Fsp3) is 0.0909. The van der Waals surface area contributed by atoms with E-state index in [0.717, 1.165) is 6.26 Å². The highest BCUT2D eigenvalue weighted by Crippen LogP contribution is 2.23. The van der Waals surface area contributed by atoms with Gasteiger partial charge in [0.2, 0.25) is 0 Å². The van der Waals surface area contributed by atoms with Gasteiger partial charge in [0.1, 0.15) is 6.07 Å². The summed E-state index contributed by atoms with van der Waals surface area (Å²) in [5.41, 5.74) is 0.378. The first-order chi connectivity index (χ1) is 7.54. The van der Waals surface area contributed by atoms with Crippen LogP contribution in [0.15, 0.2) is 35.5 Å². The molecule has 16 heavy (non-hydrogen) atoms. The number of hydrogen-bond acceptors (Lipinski definition) is 4. The van der Waals surface area contributed by atoms with E-state index in [-0.39, 0.29) is 5.03 Å². The van der Waals surface area contributed by atoms with Crippen molar-refractivity contribution < 1.29 is 8.42 Å². The Balaban J connectivity index is 2.98. The molecule has 2 rings (SSSR count). The van der Waals surface area contributed by atoms with Gasteiger partial charge in [-0.2, -0.15) is 5.26 Å². The van der Waals surface area contributed by atoms with Gasteiger partial charge in [-0.1, -0.05) is 24.3 Å². The first kappa shape index (κ1) is 10.6. The molecule has 0 saturated heterocycles. The third kappa shape index (κ3) is 1.64. The Morgan fingerprint density at radius 2 is 1.88 bits per heavy atom. The van der Waals surface area contributed by atoms with Crippen LogP contribution < -0.4 is 0 Å². The smallest absolute Gasteiger partial charge is 0.193 e. The lowest BCUT2D eigenvalue weighted by atomic mass is 10.1. The largest absolute Gasteiger partial charge is 0.243 e. The van der Waals surface area contributed by atoms with Gasteiger partial charge in [-0.05, 0) is 0 Å². The second kappa shape index (κ2) is 3.58. The van der Waals surface area contributed by atoms with Crippen LogP contribution in [0, 0.1) is 11.3 Å². The SMILES string of the molecule is CS(=O)(=O)c1ncc(C#N)c2ccccc12. The third-order valence-corrected chi connectivity index (χ3v) is 3.26. The van der Waals surface area contributed by atoms with Gasteiger partial charge in [-0.25, -0.2) is 13.4 Å². The maximum atomic E-state index is 11.5. The van der Waals surface area contributed by atoms with Crippen molar-refractivity contribution in [3.8, 4) is 6.07 Å². The van der Waals surface area contributed by atoms with Gasteiger partial charge in [0.05, 0.1) is 5.56 Å². The maximum absolute atomic E-state index is 11.5. The Hall–Kier alpha value is -1.93. The lowest BCUT2D eigenvalue weighted by molar-refractivity contribution is 0.599. The van der Waals surface area contributed by atoms with Crippen molar-refractivity contribution in [3.05, 3.63) is 36.0 Å². The summed E-state index contributed by atoms with van der Waals surface area (Å²) in [5, 5.41) is 10.0. The van der Waals surface area contributed by atoms with E-state index in [4.69, 9.17) is 5.26 Å². The standard InChI is InChI=1S/C11H8N2O2S/c1-16(14,15)11-10-5-3-2-4-9(10)8(6-12)7-13-11/h2-5,7H,1H3. The molecule has 0 fully saturated rings. The number of nitriles is 1. The summed E-state index contributed by atoms with van der Waals surface area (Å²) in [4.78, 5) is 3.84. The third-order valence-electron chi connectivity index (χ3n) is 2.23. The summed E-state index contributed by atoms with van der Waals surface area (Å²) >= 11 is 0. The predicted molar refractivity (Wildman–Crippen MR) is 59.6 cm³/mol. The van der Waals surface area contributed by atoms with E-state index in [9.17, 15) is 8.42 Å². The van der Waals surface area contributed by atoms with Crippen molar-refractivity contribution >= 4 is 20.6 Å². The molecular weight excluding hydrogens is 224 g/mol. The Bertz CT molecular complexity index is 699. The first-order valence-electron chi connectivity index (χ1n) is 4.52. The van der Waals surface area contributed by atoms with E-state index >= 15 is 0 Å². The van der Waals surface area contributed by atoms with Crippen molar-refractivity contribution in [2.75, 3.05) is 6.26 Å². The lowest BCUT2D eigenvalue weighted by Crippen LogP contribution is -2.02. The van der Waals surface area contributed by atoms with Crippen LogP contribution in [0.1, 0.15) is 5.56 Å².